The maximum absolute atomic E-state index is 4.68. The number of nitrogens with zero attached hydrogens (tertiary/aromatic N) is 1. The monoisotopic (exact) mass is 209 g/mol. The normalized spacial score (nSPS) is 10.2. The van der Waals surface area contributed by atoms with E-state index in [4.69, 9.17) is 0 Å². The molecule has 0 aliphatic rings. The third kappa shape index (κ3) is 18.9. The Hall–Kier alpha value is 0.230. The Kier molecular flexibility index (Phi) is 14.8. The molecule has 0 N–H and O–H groups in total. The van der Waals surface area contributed by atoms with Crippen LogP contribution in [0.25, 0.3) is 0 Å². The first-order chi connectivity index (χ1) is 6.08. The van der Waals surface area contributed by atoms with E-state index in [1.54, 1.807) is 14.2 Å². The first kappa shape index (κ1) is 15.7. The Labute approximate surface area is 87.8 Å². The van der Waals surface area contributed by atoms with Crippen LogP contribution in [0.1, 0.15) is 13.3 Å². The summed E-state index contributed by atoms with van der Waals surface area (Å²) >= 11 is 4.07. The van der Waals surface area contributed by atoms with Gasteiger partial charge in [0.05, 0.1) is 0 Å². The van der Waals surface area contributed by atoms with Gasteiger partial charge in [0.15, 0.2) is 6.29 Å². The molecular formula is C9H23NO2S. The number of rotatable bonds is 5. The standard InChI is InChI=1S/C5H13NS.C4H10O2/c1-6(2)4-3-5-7;1-4(5-2)6-3/h7H,3-5H2,1-2H3;4H,1-3H3. The number of hydrogen-bond acceptors (Lipinski definition) is 4. The van der Waals surface area contributed by atoms with Crippen LogP contribution in [0.2, 0.25) is 0 Å². The molecule has 0 aromatic rings. The van der Waals surface area contributed by atoms with Gasteiger partial charge in [-0.25, -0.2) is 0 Å². The van der Waals surface area contributed by atoms with Crippen LogP contribution in [0.3, 0.4) is 0 Å². The molecule has 0 aromatic carbocycles. The Morgan fingerprint density at radius 1 is 1.23 bits per heavy atom. The lowest BCUT2D eigenvalue weighted by molar-refractivity contribution is -0.0877. The van der Waals surface area contributed by atoms with Crippen LogP contribution < -0.4 is 0 Å². The summed E-state index contributed by atoms with van der Waals surface area (Å²) in [6.45, 7) is 2.99. The van der Waals surface area contributed by atoms with Gasteiger partial charge >= 0.3 is 0 Å². The third-order valence-corrected chi connectivity index (χ3v) is 1.74. The first-order valence-corrected chi connectivity index (χ1v) is 5.02. The van der Waals surface area contributed by atoms with Crippen LogP contribution in [0.15, 0.2) is 0 Å². The SMILES string of the molecule is CN(C)CCCS.COC(C)OC. The number of thiol groups is 1. The fraction of sp³-hybridized carbons (Fsp3) is 1.00. The molecule has 0 aromatic heterocycles. The van der Waals surface area contributed by atoms with Crippen molar-refractivity contribution in [2.75, 3.05) is 40.6 Å². The lowest BCUT2D eigenvalue weighted by atomic mass is 10.5. The summed E-state index contributed by atoms with van der Waals surface area (Å²) in [4.78, 5) is 2.16. The molecule has 0 bridgehead atoms. The smallest absolute Gasteiger partial charge is 0.154 e. The molecule has 0 unspecified atom stereocenters. The summed E-state index contributed by atoms with van der Waals surface area (Å²) in [7, 11) is 7.36. The highest BCUT2D eigenvalue weighted by Gasteiger charge is 1.88. The minimum absolute atomic E-state index is 0.0648. The van der Waals surface area contributed by atoms with E-state index in [1.165, 1.54) is 6.42 Å². The first-order valence-electron chi connectivity index (χ1n) is 4.39. The Balaban J connectivity index is 0. The fourth-order valence-electron chi connectivity index (χ4n) is 0.483. The van der Waals surface area contributed by atoms with Crippen LogP contribution in [0.4, 0.5) is 0 Å². The Bertz CT molecular complexity index is 87.7. The summed E-state index contributed by atoms with van der Waals surface area (Å²) in [5, 5.41) is 0. The van der Waals surface area contributed by atoms with Gasteiger partial charge in [-0.05, 0) is 39.7 Å². The number of ether oxygens (including phenoxy) is 2. The van der Waals surface area contributed by atoms with E-state index in [-0.39, 0.29) is 6.29 Å². The average Bonchev–Trinajstić information content (AvgIpc) is 2.14. The molecule has 0 rings (SSSR count). The van der Waals surface area contributed by atoms with Crippen LogP contribution in [-0.2, 0) is 9.47 Å². The molecular weight excluding hydrogens is 186 g/mol. The van der Waals surface area contributed by atoms with Gasteiger partial charge in [0, 0.05) is 14.2 Å². The van der Waals surface area contributed by atoms with Gasteiger partial charge in [-0.3, -0.25) is 0 Å². The zero-order valence-corrected chi connectivity index (χ0v) is 10.3. The molecule has 0 spiro atoms. The second-order valence-corrected chi connectivity index (χ2v) is 3.37. The third-order valence-electron chi connectivity index (χ3n) is 1.43. The van der Waals surface area contributed by atoms with E-state index in [0.717, 1.165) is 12.3 Å². The maximum Gasteiger partial charge on any atom is 0.154 e. The van der Waals surface area contributed by atoms with Crippen molar-refractivity contribution in [3.8, 4) is 0 Å². The van der Waals surface area contributed by atoms with Crippen molar-refractivity contribution in [1.82, 2.24) is 4.90 Å². The second-order valence-electron chi connectivity index (χ2n) is 2.92. The molecule has 0 aliphatic carbocycles. The molecule has 82 valence electrons. The van der Waals surface area contributed by atoms with E-state index < -0.39 is 0 Å². The average molecular weight is 209 g/mol. The molecule has 13 heavy (non-hydrogen) atoms. The summed E-state index contributed by atoms with van der Waals surface area (Å²) in [5.74, 6) is 0.998. The van der Waals surface area contributed by atoms with Crippen LogP contribution >= 0.6 is 12.6 Å². The lowest BCUT2D eigenvalue weighted by Gasteiger charge is -2.05. The zero-order chi connectivity index (χ0) is 10.7. The van der Waals surface area contributed by atoms with Gasteiger partial charge in [-0.2, -0.15) is 12.6 Å². The lowest BCUT2D eigenvalue weighted by Crippen LogP contribution is -2.12. The molecule has 0 amide bonds. The highest BCUT2D eigenvalue weighted by molar-refractivity contribution is 7.80. The van der Waals surface area contributed by atoms with Crippen molar-refractivity contribution in [2.24, 2.45) is 0 Å². The topological polar surface area (TPSA) is 21.7 Å². The van der Waals surface area contributed by atoms with Crippen LogP contribution in [0.5, 0.6) is 0 Å². The highest BCUT2D eigenvalue weighted by Crippen LogP contribution is 1.84. The quantitative estimate of drug-likeness (QED) is 0.548. The Morgan fingerprint density at radius 3 is 1.77 bits per heavy atom. The van der Waals surface area contributed by atoms with Crippen molar-refractivity contribution >= 4 is 12.6 Å². The molecule has 3 nitrogen and oxygen atoms in total. The largest absolute Gasteiger partial charge is 0.356 e. The molecule has 0 heterocycles. The molecule has 0 saturated heterocycles. The van der Waals surface area contributed by atoms with Gasteiger partial charge in [0.1, 0.15) is 0 Å². The predicted octanol–water partition coefficient (Wildman–Crippen LogP) is 1.49. The van der Waals surface area contributed by atoms with Gasteiger partial charge in [0.25, 0.3) is 0 Å². The van der Waals surface area contributed by atoms with E-state index in [0.29, 0.717) is 0 Å². The summed E-state index contributed by atoms with van der Waals surface area (Å²) in [6, 6.07) is 0. The zero-order valence-electron chi connectivity index (χ0n) is 9.41. The number of methoxy groups -OCH3 is 2. The molecule has 0 radical (unpaired) electrons. The minimum Gasteiger partial charge on any atom is -0.356 e. The second kappa shape index (κ2) is 12.2. The Morgan fingerprint density at radius 2 is 1.69 bits per heavy atom. The molecule has 0 aliphatic heterocycles. The van der Waals surface area contributed by atoms with Crippen molar-refractivity contribution in [3.05, 3.63) is 0 Å². The molecule has 4 heteroatoms. The molecule has 0 atom stereocenters. The maximum atomic E-state index is 4.68. The van der Waals surface area contributed by atoms with Crippen molar-refractivity contribution in [3.63, 3.8) is 0 Å². The van der Waals surface area contributed by atoms with E-state index in [2.05, 4.69) is 41.1 Å². The molecule has 0 saturated carbocycles. The summed E-state index contributed by atoms with van der Waals surface area (Å²) in [6.07, 6.45) is 1.13. The van der Waals surface area contributed by atoms with E-state index in [1.807, 2.05) is 6.92 Å². The van der Waals surface area contributed by atoms with Gasteiger partial charge in [-0.15, -0.1) is 0 Å². The highest BCUT2D eigenvalue weighted by atomic mass is 32.1. The van der Waals surface area contributed by atoms with Crippen molar-refractivity contribution in [1.29, 1.82) is 0 Å². The van der Waals surface area contributed by atoms with Crippen LogP contribution in [-0.4, -0.2) is 51.8 Å². The van der Waals surface area contributed by atoms with Gasteiger partial charge in [-0.1, -0.05) is 0 Å². The van der Waals surface area contributed by atoms with Gasteiger partial charge < -0.3 is 14.4 Å². The fourth-order valence-corrected chi connectivity index (χ4v) is 0.625. The predicted molar refractivity (Wildman–Crippen MR) is 60.5 cm³/mol. The van der Waals surface area contributed by atoms with Gasteiger partial charge in [0.2, 0.25) is 0 Å². The number of hydrogen-bond donors (Lipinski definition) is 1. The van der Waals surface area contributed by atoms with E-state index >= 15 is 0 Å². The summed E-state index contributed by atoms with van der Waals surface area (Å²) < 4.78 is 9.35. The van der Waals surface area contributed by atoms with Crippen LogP contribution in [0, 0.1) is 0 Å². The van der Waals surface area contributed by atoms with Crippen molar-refractivity contribution < 1.29 is 9.47 Å². The molecule has 0 fully saturated rings. The minimum atomic E-state index is -0.0648. The van der Waals surface area contributed by atoms with E-state index in [9.17, 15) is 0 Å². The van der Waals surface area contributed by atoms with Crippen molar-refractivity contribution in [2.45, 2.75) is 19.6 Å². The summed E-state index contributed by atoms with van der Waals surface area (Å²) in [5.41, 5.74) is 0.